The molecule has 5 nitrogen and oxygen atoms in total. The van der Waals surface area contributed by atoms with Crippen molar-refractivity contribution in [1.29, 1.82) is 0 Å². The number of carbonyl (C=O) groups is 1. The van der Waals surface area contributed by atoms with Crippen LogP contribution in [0.2, 0.25) is 0 Å². The molecule has 1 aromatic carbocycles. The summed E-state index contributed by atoms with van der Waals surface area (Å²) in [5.41, 5.74) is 0. The molecule has 1 aliphatic heterocycles. The van der Waals surface area contributed by atoms with E-state index in [2.05, 4.69) is 22.9 Å². The molecule has 2 aliphatic rings. The Kier molecular flexibility index (Phi) is 4.31. The van der Waals surface area contributed by atoms with Crippen LogP contribution in [0.25, 0.3) is 0 Å². The van der Waals surface area contributed by atoms with Crippen LogP contribution >= 0.6 is 15.9 Å². The van der Waals surface area contributed by atoms with Gasteiger partial charge in [0.1, 0.15) is 0 Å². The molecule has 2 atom stereocenters. The van der Waals surface area contributed by atoms with Crippen molar-refractivity contribution in [3.05, 3.63) is 28.7 Å². The molecule has 2 fully saturated rings. The number of rotatable bonds is 3. The fourth-order valence-electron chi connectivity index (χ4n) is 2.84. The summed E-state index contributed by atoms with van der Waals surface area (Å²) in [5, 5.41) is 0. The van der Waals surface area contributed by atoms with Gasteiger partial charge in [0.2, 0.25) is 15.9 Å². The van der Waals surface area contributed by atoms with Crippen LogP contribution in [0.15, 0.2) is 33.6 Å². The van der Waals surface area contributed by atoms with Crippen LogP contribution in [-0.2, 0) is 14.8 Å². The molecule has 0 unspecified atom stereocenters. The number of hydrogen-bond acceptors (Lipinski definition) is 3. The third-order valence-corrected chi connectivity index (χ3v) is 7.34. The summed E-state index contributed by atoms with van der Waals surface area (Å²) >= 11 is 3.30. The van der Waals surface area contributed by atoms with Crippen molar-refractivity contribution in [3.8, 4) is 0 Å². The highest BCUT2D eigenvalue weighted by atomic mass is 79.9. The molecule has 22 heavy (non-hydrogen) atoms. The van der Waals surface area contributed by atoms with E-state index in [0.717, 1.165) is 6.42 Å². The lowest BCUT2D eigenvalue weighted by Gasteiger charge is -2.34. The van der Waals surface area contributed by atoms with Crippen molar-refractivity contribution < 1.29 is 13.2 Å². The molecule has 1 aliphatic carbocycles. The summed E-state index contributed by atoms with van der Waals surface area (Å²) in [4.78, 5) is 14.3. The summed E-state index contributed by atoms with van der Waals surface area (Å²) < 4.78 is 27.4. The van der Waals surface area contributed by atoms with Crippen LogP contribution in [0.4, 0.5) is 0 Å². The Bertz CT molecular complexity index is 684. The predicted octanol–water partition coefficient (Wildman–Crippen LogP) is 1.94. The molecule has 1 saturated carbocycles. The van der Waals surface area contributed by atoms with E-state index >= 15 is 0 Å². The topological polar surface area (TPSA) is 57.7 Å². The third kappa shape index (κ3) is 2.94. The van der Waals surface area contributed by atoms with Gasteiger partial charge in [0.25, 0.3) is 0 Å². The van der Waals surface area contributed by atoms with E-state index < -0.39 is 10.0 Å². The van der Waals surface area contributed by atoms with E-state index in [1.807, 2.05) is 0 Å². The Balaban J connectivity index is 1.68. The Labute approximate surface area is 139 Å². The lowest BCUT2D eigenvalue weighted by Crippen LogP contribution is -2.51. The number of benzene rings is 1. The van der Waals surface area contributed by atoms with Gasteiger partial charge >= 0.3 is 0 Å². The average molecular weight is 387 g/mol. The van der Waals surface area contributed by atoms with E-state index in [4.69, 9.17) is 0 Å². The molecule has 1 amide bonds. The summed E-state index contributed by atoms with van der Waals surface area (Å²) in [6.45, 7) is 3.75. The lowest BCUT2D eigenvalue weighted by atomic mass is 10.2. The first-order chi connectivity index (χ1) is 10.4. The molecule has 7 heteroatoms. The summed E-state index contributed by atoms with van der Waals surface area (Å²) in [5.74, 6) is 0.825. The first-order valence-corrected chi connectivity index (χ1v) is 9.68. The summed E-state index contributed by atoms with van der Waals surface area (Å²) in [6, 6.07) is 6.83. The van der Waals surface area contributed by atoms with E-state index in [1.54, 1.807) is 29.2 Å². The molecule has 3 rings (SSSR count). The van der Waals surface area contributed by atoms with Gasteiger partial charge in [-0.3, -0.25) is 4.79 Å². The largest absolute Gasteiger partial charge is 0.340 e. The first-order valence-electron chi connectivity index (χ1n) is 7.44. The van der Waals surface area contributed by atoms with E-state index in [0.29, 0.717) is 36.6 Å². The first kappa shape index (κ1) is 16.0. The van der Waals surface area contributed by atoms with Gasteiger partial charge in [0.05, 0.1) is 4.90 Å². The third-order valence-electron chi connectivity index (χ3n) is 4.43. The zero-order chi connectivity index (χ0) is 15.9. The Morgan fingerprint density at radius 1 is 1.18 bits per heavy atom. The highest BCUT2D eigenvalue weighted by Crippen LogP contribution is 2.39. The second-order valence-corrected chi connectivity index (χ2v) is 8.74. The quantitative estimate of drug-likeness (QED) is 0.797. The molecular weight excluding hydrogens is 368 g/mol. The van der Waals surface area contributed by atoms with E-state index in [1.165, 1.54) is 4.31 Å². The predicted molar refractivity (Wildman–Crippen MR) is 86.8 cm³/mol. The van der Waals surface area contributed by atoms with Gasteiger partial charge in [-0.05, 0) is 40.4 Å². The molecule has 1 aromatic rings. The van der Waals surface area contributed by atoms with E-state index in [-0.39, 0.29) is 16.7 Å². The molecule has 0 N–H and O–H groups in total. The summed E-state index contributed by atoms with van der Waals surface area (Å²) in [6.07, 6.45) is 0.967. The monoisotopic (exact) mass is 386 g/mol. The van der Waals surface area contributed by atoms with Gasteiger partial charge < -0.3 is 4.90 Å². The minimum atomic E-state index is -3.51. The van der Waals surface area contributed by atoms with Gasteiger partial charge in [-0.15, -0.1) is 0 Å². The highest BCUT2D eigenvalue weighted by Gasteiger charge is 2.42. The zero-order valence-electron chi connectivity index (χ0n) is 12.4. The number of piperazine rings is 1. The maximum absolute atomic E-state index is 12.7. The molecule has 1 heterocycles. The fourth-order valence-corrected chi connectivity index (χ4v) is 5.23. The van der Waals surface area contributed by atoms with Crippen LogP contribution in [-0.4, -0.2) is 49.7 Å². The van der Waals surface area contributed by atoms with Crippen LogP contribution in [0.3, 0.4) is 0 Å². The molecule has 1 saturated heterocycles. The molecule has 0 spiro atoms. The maximum atomic E-state index is 12.7. The standard InChI is InChI=1S/C15H19BrN2O3S/c1-11-10-12(11)15(19)17-6-8-18(9-7-17)22(20,21)14-5-3-2-4-13(14)16/h2-5,11-12H,6-10H2,1H3/t11-,12+/m0/s1. The Morgan fingerprint density at radius 2 is 1.77 bits per heavy atom. The zero-order valence-corrected chi connectivity index (χ0v) is 14.8. The van der Waals surface area contributed by atoms with Crippen molar-refractivity contribution in [1.82, 2.24) is 9.21 Å². The highest BCUT2D eigenvalue weighted by molar-refractivity contribution is 9.10. The minimum absolute atomic E-state index is 0.159. The molecule has 120 valence electrons. The molecule has 0 aromatic heterocycles. The van der Waals surface area contributed by atoms with Crippen molar-refractivity contribution in [2.75, 3.05) is 26.2 Å². The van der Waals surface area contributed by atoms with E-state index in [9.17, 15) is 13.2 Å². The van der Waals surface area contributed by atoms with Crippen molar-refractivity contribution in [2.24, 2.45) is 11.8 Å². The molecule has 0 bridgehead atoms. The molecular formula is C15H19BrN2O3S. The van der Waals surface area contributed by atoms with Crippen molar-refractivity contribution >= 4 is 31.9 Å². The number of halogens is 1. The number of carbonyl (C=O) groups excluding carboxylic acids is 1. The second kappa shape index (κ2) is 5.94. The fraction of sp³-hybridized carbons (Fsp3) is 0.533. The van der Waals surface area contributed by atoms with Crippen molar-refractivity contribution in [2.45, 2.75) is 18.2 Å². The molecule has 0 radical (unpaired) electrons. The van der Waals surface area contributed by atoms with Gasteiger partial charge in [-0.25, -0.2) is 8.42 Å². The maximum Gasteiger partial charge on any atom is 0.244 e. The SMILES string of the molecule is C[C@H]1C[C@H]1C(=O)N1CCN(S(=O)(=O)c2ccccc2Br)CC1. The van der Waals surface area contributed by atoms with Crippen LogP contribution in [0.1, 0.15) is 13.3 Å². The number of nitrogens with zero attached hydrogens (tertiary/aromatic N) is 2. The van der Waals surface area contributed by atoms with Gasteiger partial charge in [-0.2, -0.15) is 4.31 Å². The van der Waals surface area contributed by atoms with Gasteiger partial charge in [0, 0.05) is 36.6 Å². The van der Waals surface area contributed by atoms with Crippen LogP contribution in [0.5, 0.6) is 0 Å². The Morgan fingerprint density at radius 3 is 2.32 bits per heavy atom. The van der Waals surface area contributed by atoms with Crippen LogP contribution < -0.4 is 0 Å². The smallest absolute Gasteiger partial charge is 0.244 e. The number of hydrogen-bond donors (Lipinski definition) is 0. The van der Waals surface area contributed by atoms with Gasteiger partial charge in [-0.1, -0.05) is 19.1 Å². The van der Waals surface area contributed by atoms with Crippen molar-refractivity contribution in [3.63, 3.8) is 0 Å². The second-order valence-electron chi connectivity index (χ2n) is 5.98. The lowest BCUT2D eigenvalue weighted by molar-refractivity contribution is -0.134. The number of sulfonamides is 1. The Hall–Kier alpha value is -0.920. The minimum Gasteiger partial charge on any atom is -0.340 e. The number of amides is 1. The normalized spacial score (nSPS) is 26.0. The summed E-state index contributed by atoms with van der Waals surface area (Å²) in [7, 11) is -3.51. The van der Waals surface area contributed by atoms with Gasteiger partial charge in [0.15, 0.2) is 0 Å². The van der Waals surface area contributed by atoms with Crippen LogP contribution in [0, 0.1) is 11.8 Å². The average Bonchev–Trinajstić information content (AvgIpc) is 3.24.